The fraction of sp³-hybridized carbons (Fsp3) is 0.773. The van der Waals surface area contributed by atoms with Gasteiger partial charge in [0.2, 0.25) is 0 Å². The van der Waals surface area contributed by atoms with Gasteiger partial charge in [-0.05, 0) is 13.3 Å². The van der Waals surface area contributed by atoms with E-state index < -0.39 is 0 Å². The summed E-state index contributed by atoms with van der Waals surface area (Å²) in [5, 5.41) is 0. The van der Waals surface area contributed by atoms with E-state index >= 15 is 0 Å². The van der Waals surface area contributed by atoms with Crippen molar-refractivity contribution in [2.24, 2.45) is 0 Å². The van der Waals surface area contributed by atoms with E-state index in [1.165, 1.54) is 89.9 Å². The van der Waals surface area contributed by atoms with Gasteiger partial charge >= 0.3 is 0 Å². The molecule has 1 nitrogen and oxygen atoms in total. The number of hydrogen-bond acceptors (Lipinski definition) is 0. The van der Waals surface area contributed by atoms with Crippen LogP contribution in [0, 0.1) is 0 Å². The Morgan fingerprint density at radius 1 is 0.609 bits per heavy atom. The minimum absolute atomic E-state index is 0.643. The maximum Gasteiger partial charge on any atom is 0.169 e. The van der Waals surface area contributed by atoms with E-state index in [2.05, 4.69) is 49.0 Å². The van der Waals surface area contributed by atoms with Gasteiger partial charge < -0.3 is 0 Å². The molecule has 0 saturated heterocycles. The van der Waals surface area contributed by atoms with Crippen LogP contribution in [0.4, 0.5) is 0 Å². The third-order valence-corrected chi connectivity index (χ3v) is 4.97. The van der Waals surface area contributed by atoms with Gasteiger partial charge in [-0.3, -0.25) is 0 Å². The summed E-state index contributed by atoms with van der Waals surface area (Å²) in [5.41, 5.74) is 0. The van der Waals surface area contributed by atoms with Crippen LogP contribution in [-0.2, 0) is 0 Å². The number of hydrogen-bond donors (Lipinski definition) is 0. The highest BCUT2D eigenvalue weighted by atomic mass is 15.0. The maximum absolute atomic E-state index is 2.33. The zero-order valence-corrected chi connectivity index (χ0v) is 15.8. The fourth-order valence-electron chi connectivity index (χ4n) is 3.31. The van der Waals surface area contributed by atoms with E-state index in [1.807, 2.05) is 0 Å². The Morgan fingerprint density at radius 2 is 1.04 bits per heavy atom. The van der Waals surface area contributed by atoms with Gasteiger partial charge in [0, 0.05) is 18.6 Å². The molecule has 0 aliphatic carbocycles. The van der Waals surface area contributed by atoms with Crippen LogP contribution in [0.5, 0.6) is 0 Å². The highest BCUT2D eigenvalue weighted by molar-refractivity contribution is 4.83. The summed E-state index contributed by atoms with van der Waals surface area (Å²) in [6.07, 6.45) is 24.4. The second-order valence-electron chi connectivity index (χ2n) is 7.20. The van der Waals surface area contributed by atoms with E-state index in [0.29, 0.717) is 6.04 Å². The van der Waals surface area contributed by atoms with Crippen LogP contribution in [-0.4, -0.2) is 0 Å². The first-order chi connectivity index (χ1) is 11.3. The van der Waals surface area contributed by atoms with Crippen LogP contribution in [0.15, 0.2) is 30.6 Å². The van der Waals surface area contributed by atoms with Gasteiger partial charge in [0.15, 0.2) is 18.4 Å². The van der Waals surface area contributed by atoms with E-state index in [4.69, 9.17) is 0 Å². The summed E-state index contributed by atoms with van der Waals surface area (Å²) in [6.45, 7) is 4.63. The van der Waals surface area contributed by atoms with Crippen LogP contribution in [0.2, 0.25) is 0 Å². The lowest BCUT2D eigenvalue weighted by molar-refractivity contribution is -0.720. The Labute approximate surface area is 145 Å². The Kier molecular flexibility index (Phi) is 12.9. The van der Waals surface area contributed by atoms with Crippen molar-refractivity contribution in [3.63, 3.8) is 0 Å². The zero-order chi connectivity index (χ0) is 16.6. The molecule has 132 valence electrons. The molecule has 0 spiro atoms. The second kappa shape index (κ2) is 14.7. The fourth-order valence-corrected chi connectivity index (χ4v) is 3.31. The molecule has 0 N–H and O–H groups in total. The molecule has 0 aliphatic rings. The van der Waals surface area contributed by atoms with Crippen molar-refractivity contribution < 1.29 is 4.57 Å². The Balaban J connectivity index is 1.81. The van der Waals surface area contributed by atoms with Crippen molar-refractivity contribution in [1.82, 2.24) is 0 Å². The lowest BCUT2D eigenvalue weighted by atomic mass is 10.0. The number of nitrogens with zero attached hydrogens (tertiary/aromatic N) is 1. The molecule has 1 aromatic rings. The molecule has 0 radical (unpaired) electrons. The molecule has 0 aliphatic heterocycles. The number of rotatable bonds is 15. The van der Waals surface area contributed by atoms with E-state index in [0.717, 1.165) is 0 Å². The zero-order valence-electron chi connectivity index (χ0n) is 15.8. The first-order valence-electron chi connectivity index (χ1n) is 10.3. The van der Waals surface area contributed by atoms with E-state index in [-0.39, 0.29) is 0 Å². The van der Waals surface area contributed by atoms with Crippen molar-refractivity contribution >= 4 is 0 Å². The van der Waals surface area contributed by atoms with Gasteiger partial charge in [0.25, 0.3) is 0 Å². The molecule has 1 aromatic heterocycles. The van der Waals surface area contributed by atoms with Crippen LogP contribution >= 0.6 is 0 Å². The van der Waals surface area contributed by atoms with Gasteiger partial charge in [-0.2, -0.15) is 0 Å². The standard InChI is InChI=1S/C22H40N/c1-3-4-5-6-7-8-9-10-11-12-13-14-16-19-22(2)23-20-17-15-18-21-23/h15,17-18,20-22H,3-14,16,19H2,1-2H3/q+1. The third kappa shape index (κ3) is 11.3. The van der Waals surface area contributed by atoms with Gasteiger partial charge in [-0.25, -0.2) is 4.57 Å². The summed E-state index contributed by atoms with van der Waals surface area (Å²) in [5.74, 6) is 0. The van der Waals surface area contributed by atoms with E-state index in [1.54, 1.807) is 0 Å². The largest absolute Gasteiger partial charge is 0.203 e. The topological polar surface area (TPSA) is 3.88 Å². The van der Waals surface area contributed by atoms with Crippen LogP contribution in [0.1, 0.15) is 110 Å². The Bertz CT molecular complexity index is 346. The molecule has 0 bridgehead atoms. The molecule has 1 heteroatoms. The SMILES string of the molecule is CCCCCCCCCCCCCCCC(C)[n+]1ccccc1. The van der Waals surface area contributed by atoms with Crippen LogP contribution in [0.25, 0.3) is 0 Å². The van der Waals surface area contributed by atoms with Crippen molar-refractivity contribution in [2.75, 3.05) is 0 Å². The summed E-state index contributed by atoms with van der Waals surface area (Å²) < 4.78 is 2.33. The Morgan fingerprint density at radius 3 is 1.52 bits per heavy atom. The molecule has 0 aromatic carbocycles. The smallest absolute Gasteiger partial charge is 0.169 e. The van der Waals surface area contributed by atoms with Crippen LogP contribution < -0.4 is 4.57 Å². The predicted octanol–water partition coefficient (Wildman–Crippen LogP) is 7.02. The molecular weight excluding hydrogens is 278 g/mol. The lowest BCUT2D eigenvalue weighted by Gasteiger charge is -2.07. The molecular formula is C22H40N+. The maximum atomic E-state index is 2.33. The average Bonchev–Trinajstić information content (AvgIpc) is 2.59. The molecule has 0 saturated carbocycles. The molecule has 0 amide bonds. The summed E-state index contributed by atoms with van der Waals surface area (Å²) in [4.78, 5) is 0. The lowest BCUT2D eigenvalue weighted by Crippen LogP contribution is -2.36. The minimum Gasteiger partial charge on any atom is -0.203 e. The summed E-state index contributed by atoms with van der Waals surface area (Å²) in [6, 6.07) is 6.98. The third-order valence-electron chi connectivity index (χ3n) is 4.97. The molecule has 1 unspecified atom stereocenters. The number of unbranched alkanes of at least 4 members (excludes halogenated alkanes) is 12. The van der Waals surface area contributed by atoms with Crippen molar-refractivity contribution in [3.8, 4) is 0 Å². The molecule has 0 fully saturated rings. The minimum atomic E-state index is 0.643. The first kappa shape index (κ1) is 20.2. The number of aromatic nitrogens is 1. The second-order valence-corrected chi connectivity index (χ2v) is 7.20. The summed E-state index contributed by atoms with van der Waals surface area (Å²) >= 11 is 0. The highest BCUT2D eigenvalue weighted by Crippen LogP contribution is 2.14. The number of pyridine rings is 1. The summed E-state index contributed by atoms with van der Waals surface area (Å²) in [7, 11) is 0. The van der Waals surface area contributed by atoms with Crippen LogP contribution in [0.3, 0.4) is 0 Å². The van der Waals surface area contributed by atoms with Gasteiger partial charge in [0.1, 0.15) is 0 Å². The molecule has 23 heavy (non-hydrogen) atoms. The van der Waals surface area contributed by atoms with Crippen molar-refractivity contribution in [1.29, 1.82) is 0 Å². The van der Waals surface area contributed by atoms with Gasteiger partial charge in [0.05, 0.1) is 0 Å². The highest BCUT2D eigenvalue weighted by Gasteiger charge is 2.09. The quantitative estimate of drug-likeness (QED) is 0.242. The normalized spacial score (nSPS) is 12.4. The predicted molar refractivity (Wildman–Crippen MR) is 102 cm³/mol. The molecule has 1 heterocycles. The van der Waals surface area contributed by atoms with Crippen molar-refractivity contribution in [2.45, 2.75) is 110 Å². The molecule has 1 rings (SSSR count). The average molecular weight is 319 g/mol. The monoisotopic (exact) mass is 318 g/mol. The Hall–Kier alpha value is -0.850. The molecule has 1 atom stereocenters. The van der Waals surface area contributed by atoms with Crippen molar-refractivity contribution in [3.05, 3.63) is 30.6 Å². The van der Waals surface area contributed by atoms with E-state index in [9.17, 15) is 0 Å². The van der Waals surface area contributed by atoms with Gasteiger partial charge in [-0.15, -0.1) is 0 Å². The first-order valence-corrected chi connectivity index (χ1v) is 10.3. The van der Waals surface area contributed by atoms with Gasteiger partial charge in [-0.1, -0.05) is 90.0 Å².